The summed E-state index contributed by atoms with van der Waals surface area (Å²) in [5, 5.41) is 0. The Kier molecular flexibility index (Phi) is 144. The van der Waals surface area contributed by atoms with Gasteiger partial charge in [-0.2, -0.15) is 0 Å². The van der Waals surface area contributed by atoms with Crippen LogP contribution in [-0.4, -0.2) is 23.9 Å². The largest absolute Gasteiger partial charge is 0 e. The SMILES string of the molecule is [Co].[Cu].[Sn].[Zn]. The van der Waals surface area contributed by atoms with Crippen molar-refractivity contribution in [1.82, 2.24) is 0 Å². The average Bonchev–Trinajstić information content (AvgIpc) is 0. The molecule has 4 heavy (non-hydrogen) atoms. The molecular weight excluding hydrogens is 307 g/mol. The second-order valence-electron chi connectivity index (χ2n) is 0. The van der Waals surface area contributed by atoms with E-state index in [1.165, 1.54) is 0 Å². The van der Waals surface area contributed by atoms with Crippen molar-refractivity contribution in [3.63, 3.8) is 0 Å². The van der Waals surface area contributed by atoms with E-state index in [9.17, 15) is 0 Å². The first kappa shape index (κ1) is 31.9. The van der Waals surface area contributed by atoms with Gasteiger partial charge in [0.05, 0.1) is 0 Å². The molecule has 26 valence electrons. The molecule has 0 aromatic rings. The van der Waals surface area contributed by atoms with Crippen molar-refractivity contribution in [1.29, 1.82) is 0 Å². The first-order chi connectivity index (χ1) is 0. The van der Waals surface area contributed by atoms with Crippen molar-refractivity contribution >= 4 is 23.9 Å². The van der Waals surface area contributed by atoms with Crippen LogP contribution in [0.25, 0.3) is 0 Å². The fraction of sp³-hybridized carbons (Fsp3) is 0. The van der Waals surface area contributed by atoms with E-state index in [1.54, 1.807) is 0 Å². The Morgan fingerprint density at radius 1 is 1.00 bits per heavy atom. The van der Waals surface area contributed by atoms with E-state index < -0.39 is 0 Å². The van der Waals surface area contributed by atoms with Crippen LogP contribution in [0.15, 0.2) is 0 Å². The molecule has 0 aliphatic rings. The molecule has 0 aromatic carbocycles. The van der Waals surface area contributed by atoms with E-state index in [0.29, 0.717) is 0 Å². The van der Waals surface area contributed by atoms with Crippen molar-refractivity contribution in [3.05, 3.63) is 0 Å². The van der Waals surface area contributed by atoms with E-state index in [-0.39, 0.29) is 77.2 Å². The second-order valence-corrected chi connectivity index (χ2v) is 0. The van der Waals surface area contributed by atoms with Crippen LogP contribution in [0.2, 0.25) is 0 Å². The smallest absolute Gasteiger partial charge is 0 e. The molecule has 0 saturated heterocycles. The number of hydrogen-bond donors (Lipinski definition) is 0. The van der Waals surface area contributed by atoms with Crippen LogP contribution in [0.1, 0.15) is 0 Å². The monoisotopic (exact) mass is 306 g/mol. The molecule has 0 aliphatic carbocycles. The molecule has 0 amide bonds. The second kappa shape index (κ2) is 18.0. The van der Waals surface area contributed by atoms with Crippen LogP contribution in [0.4, 0.5) is 0 Å². The van der Waals surface area contributed by atoms with Gasteiger partial charge in [-0.25, -0.2) is 0 Å². The molecule has 0 aromatic heterocycles. The summed E-state index contributed by atoms with van der Waals surface area (Å²) in [6.45, 7) is 0. The van der Waals surface area contributed by atoms with Crippen LogP contribution in [-0.2, 0) is 53.3 Å². The summed E-state index contributed by atoms with van der Waals surface area (Å²) < 4.78 is 0. The Labute approximate surface area is 76.2 Å². The molecule has 0 nitrogen and oxygen atoms in total. The topological polar surface area (TPSA) is 0 Å². The molecule has 0 spiro atoms. The molecule has 0 aliphatic heterocycles. The normalized spacial score (nSPS) is 0. The van der Waals surface area contributed by atoms with Gasteiger partial charge < -0.3 is 0 Å². The van der Waals surface area contributed by atoms with Gasteiger partial charge in [0, 0.05) is 77.2 Å². The Bertz CT molecular complexity index is 8.00. The summed E-state index contributed by atoms with van der Waals surface area (Å²) in [4.78, 5) is 0. The minimum Gasteiger partial charge on any atom is 0 e. The standard InChI is InChI=1S/Co.Cu.Sn.Zn. The summed E-state index contributed by atoms with van der Waals surface area (Å²) in [6.07, 6.45) is 0. The van der Waals surface area contributed by atoms with Crippen molar-refractivity contribution in [2.45, 2.75) is 0 Å². The molecular formula is CoCuSnZn. The van der Waals surface area contributed by atoms with Crippen LogP contribution in [0, 0.1) is 0 Å². The van der Waals surface area contributed by atoms with Gasteiger partial charge in [-0.15, -0.1) is 0 Å². The van der Waals surface area contributed by atoms with Crippen molar-refractivity contribution in [2.24, 2.45) is 0 Å². The quantitative estimate of drug-likeness (QED) is 0.535. The van der Waals surface area contributed by atoms with Gasteiger partial charge in [0.2, 0.25) is 0 Å². The van der Waals surface area contributed by atoms with Gasteiger partial charge >= 0.3 is 0 Å². The summed E-state index contributed by atoms with van der Waals surface area (Å²) in [6, 6.07) is 0. The molecule has 0 saturated carbocycles. The van der Waals surface area contributed by atoms with Crippen molar-refractivity contribution in [3.8, 4) is 0 Å². The Balaban J connectivity index is 0. The number of hydrogen-bond acceptors (Lipinski definition) is 0. The van der Waals surface area contributed by atoms with E-state index in [0.717, 1.165) is 0 Å². The fourth-order valence-electron chi connectivity index (χ4n) is 0. The van der Waals surface area contributed by atoms with E-state index in [2.05, 4.69) is 0 Å². The summed E-state index contributed by atoms with van der Waals surface area (Å²) in [5.41, 5.74) is 0. The molecule has 0 bridgehead atoms. The summed E-state index contributed by atoms with van der Waals surface area (Å²) >= 11 is 0. The Morgan fingerprint density at radius 3 is 1.00 bits per heavy atom. The van der Waals surface area contributed by atoms with Gasteiger partial charge in [0.15, 0.2) is 0 Å². The Hall–Kier alpha value is 2.45. The maximum atomic E-state index is 0. The average molecular weight is 307 g/mol. The Morgan fingerprint density at radius 2 is 1.00 bits per heavy atom. The minimum atomic E-state index is 0. The molecule has 0 fully saturated rings. The molecule has 6 radical (unpaired) electrons. The van der Waals surface area contributed by atoms with E-state index in [1.807, 2.05) is 0 Å². The van der Waals surface area contributed by atoms with Crippen LogP contribution in [0.3, 0.4) is 0 Å². The molecule has 0 N–H and O–H groups in total. The zero-order chi connectivity index (χ0) is 0. The maximum absolute atomic E-state index is 0. The molecule has 0 atom stereocenters. The maximum Gasteiger partial charge on any atom is 0 e. The van der Waals surface area contributed by atoms with E-state index >= 15 is 0 Å². The third-order valence-corrected chi connectivity index (χ3v) is 0. The van der Waals surface area contributed by atoms with Crippen LogP contribution < -0.4 is 0 Å². The van der Waals surface area contributed by atoms with Crippen molar-refractivity contribution in [2.75, 3.05) is 0 Å². The summed E-state index contributed by atoms with van der Waals surface area (Å²) in [7, 11) is 0. The zero-order valence-electron chi connectivity index (χ0n) is 1.84. The first-order valence-corrected chi connectivity index (χ1v) is 0. The van der Waals surface area contributed by atoms with Gasteiger partial charge in [-0.05, 0) is 0 Å². The predicted octanol–water partition coefficient (Wildman–Crippen LogP) is -0.388. The van der Waals surface area contributed by atoms with Crippen LogP contribution in [0.5, 0.6) is 0 Å². The van der Waals surface area contributed by atoms with Gasteiger partial charge in [-0.3, -0.25) is 0 Å². The summed E-state index contributed by atoms with van der Waals surface area (Å²) in [5.74, 6) is 0. The first-order valence-electron chi connectivity index (χ1n) is 0. The molecule has 0 heterocycles. The molecule has 0 rings (SSSR count). The molecule has 0 unspecified atom stereocenters. The fourth-order valence-corrected chi connectivity index (χ4v) is 0. The predicted molar refractivity (Wildman–Crippen MR) is 5.75 cm³/mol. The number of rotatable bonds is 0. The zero-order valence-corrected chi connectivity index (χ0v) is 9.65. The van der Waals surface area contributed by atoms with E-state index in [4.69, 9.17) is 0 Å². The van der Waals surface area contributed by atoms with Gasteiger partial charge in [0.25, 0.3) is 0 Å². The van der Waals surface area contributed by atoms with Gasteiger partial charge in [0.1, 0.15) is 0 Å². The minimum absolute atomic E-state index is 0. The third-order valence-electron chi connectivity index (χ3n) is 0. The third kappa shape index (κ3) is 8.82. The van der Waals surface area contributed by atoms with Crippen LogP contribution >= 0.6 is 0 Å². The van der Waals surface area contributed by atoms with Gasteiger partial charge in [-0.1, -0.05) is 0 Å². The van der Waals surface area contributed by atoms with Crippen molar-refractivity contribution < 1.29 is 53.3 Å². The molecule has 4 heteroatoms.